The van der Waals surface area contributed by atoms with Crippen LogP contribution in [0.5, 0.6) is 0 Å². The van der Waals surface area contributed by atoms with Gasteiger partial charge in [-0.15, -0.1) is 0 Å². The number of nitrogens with one attached hydrogen (secondary N) is 2. The van der Waals surface area contributed by atoms with Crippen molar-refractivity contribution in [2.24, 2.45) is 0 Å². The zero-order valence-electron chi connectivity index (χ0n) is 9.48. The van der Waals surface area contributed by atoms with Crippen molar-refractivity contribution in [1.29, 1.82) is 0 Å². The van der Waals surface area contributed by atoms with Crippen LogP contribution in [0.4, 0.5) is 10.3 Å². The minimum Gasteiger partial charge on any atom is -0.357 e. The molecule has 0 aliphatic heterocycles. The highest BCUT2D eigenvalue weighted by Gasteiger charge is 2.14. The van der Waals surface area contributed by atoms with Crippen LogP contribution in [0.1, 0.15) is 0 Å². The van der Waals surface area contributed by atoms with Gasteiger partial charge in [0.1, 0.15) is 0 Å². The topological polar surface area (TPSA) is 79.4 Å². The van der Waals surface area contributed by atoms with Gasteiger partial charge in [0, 0.05) is 18.8 Å². The summed E-state index contributed by atoms with van der Waals surface area (Å²) in [5.41, 5.74) is 1.41. The number of aromatic nitrogens is 5. The van der Waals surface area contributed by atoms with Gasteiger partial charge in [-0.2, -0.15) is 10.1 Å². The van der Waals surface area contributed by atoms with E-state index in [1.807, 2.05) is 0 Å². The molecule has 0 aliphatic rings. The van der Waals surface area contributed by atoms with Crippen molar-refractivity contribution in [2.75, 3.05) is 12.4 Å². The lowest BCUT2D eigenvalue weighted by Gasteiger charge is -2.05. The van der Waals surface area contributed by atoms with Crippen LogP contribution in [0.25, 0.3) is 22.3 Å². The first kappa shape index (κ1) is 10.6. The molecule has 0 bridgehead atoms. The summed E-state index contributed by atoms with van der Waals surface area (Å²) in [6, 6.07) is 1.57. The Morgan fingerprint density at radius 2 is 2.17 bits per heavy atom. The van der Waals surface area contributed by atoms with Crippen LogP contribution < -0.4 is 5.32 Å². The van der Waals surface area contributed by atoms with Crippen molar-refractivity contribution < 1.29 is 4.39 Å². The van der Waals surface area contributed by atoms with Gasteiger partial charge in [-0.25, -0.2) is 9.37 Å². The van der Waals surface area contributed by atoms with E-state index in [1.54, 1.807) is 19.3 Å². The fourth-order valence-corrected chi connectivity index (χ4v) is 1.72. The molecular weight excluding hydrogens is 235 g/mol. The highest BCUT2D eigenvalue weighted by molar-refractivity contribution is 5.90. The van der Waals surface area contributed by atoms with E-state index in [0.717, 1.165) is 6.20 Å². The zero-order valence-corrected chi connectivity index (χ0v) is 9.48. The van der Waals surface area contributed by atoms with Gasteiger partial charge in [-0.3, -0.25) is 10.1 Å². The second-order valence-electron chi connectivity index (χ2n) is 3.63. The van der Waals surface area contributed by atoms with Crippen molar-refractivity contribution in [2.45, 2.75) is 0 Å². The number of halogens is 1. The molecule has 3 heterocycles. The Hall–Kier alpha value is -2.57. The molecule has 3 aromatic rings. The van der Waals surface area contributed by atoms with Crippen molar-refractivity contribution in [3.05, 3.63) is 30.5 Å². The second kappa shape index (κ2) is 4.02. The standard InChI is InChI=1S/C11H9FN6/c1-13-11-16-9(6-2-3-14-5-8(6)12)7-4-15-18-10(7)17-11/h2-5H,1H3,(H2,13,15,16,17,18). The van der Waals surface area contributed by atoms with Gasteiger partial charge in [0.15, 0.2) is 11.5 Å². The van der Waals surface area contributed by atoms with Gasteiger partial charge in [-0.05, 0) is 6.07 Å². The largest absolute Gasteiger partial charge is 0.357 e. The molecule has 2 N–H and O–H groups in total. The molecular formula is C11H9FN6. The molecule has 0 atom stereocenters. The predicted molar refractivity (Wildman–Crippen MR) is 64.4 cm³/mol. The van der Waals surface area contributed by atoms with E-state index in [0.29, 0.717) is 28.2 Å². The molecule has 0 spiro atoms. The summed E-state index contributed by atoms with van der Waals surface area (Å²) < 4.78 is 13.8. The number of H-pyrrole nitrogens is 1. The summed E-state index contributed by atoms with van der Waals surface area (Å²) in [7, 11) is 1.70. The van der Waals surface area contributed by atoms with Crippen LogP contribution in [0.15, 0.2) is 24.7 Å². The molecule has 7 heteroatoms. The van der Waals surface area contributed by atoms with E-state index in [9.17, 15) is 4.39 Å². The van der Waals surface area contributed by atoms with Crippen LogP contribution in [0, 0.1) is 5.82 Å². The van der Waals surface area contributed by atoms with Crippen LogP contribution in [-0.4, -0.2) is 32.2 Å². The van der Waals surface area contributed by atoms with E-state index < -0.39 is 5.82 Å². The SMILES string of the molecule is CNc1nc(-c2ccncc2F)c2cn[nH]c2n1. The Morgan fingerprint density at radius 1 is 1.28 bits per heavy atom. The first-order chi connectivity index (χ1) is 8.79. The first-order valence-corrected chi connectivity index (χ1v) is 5.28. The fraction of sp³-hybridized carbons (Fsp3) is 0.0909. The van der Waals surface area contributed by atoms with Gasteiger partial charge in [-0.1, -0.05) is 0 Å². The third-order valence-corrected chi connectivity index (χ3v) is 2.56. The Morgan fingerprint density at radius 3 is 2.94 bits per heavy atom. The highest BCUT2D eigenvalue weighted by atomic mass is 19.1. The Labute approximate surface area is 101 Å². The number of nitrogens with zero attached hydrogens (tertiary/aromatic N) is 4. The molecule has 18 heavy (non-hydrogen) atoms. The number of rotatable bonds is 2. The number of pyridine rings is 1. The molecule has 3 rings (SSSR count). The molecule has 0 saturated carbocycles. The van der Waals surface area contributed by atoms with Crippen LogP contribution in [-0.2, 0) is 0 Å². The quantitative estimate of drug-likeness (QED) is 0.715. The summed E-state index contributed by atoms with van der Waals surface area (Å²) in [6.07, 6.45) is 4.25. The van der Waals surface area contributed by atoms with E-state index in [2.05, 4.69) is 30.5 Å². The molecule has 0 aliphatic carbocycles. The lowest BCUT2D eigenvalue weighted by atomic mass is 10.1. The zero-order chi connectivity index (χ0) is 12.5. The van der Waals surface area contributed by atoms with E-state index in [4.69, 9.17) is 0 Å². The number of anilines is 1. The predicted octanol–water partition coefficient (Wildman–Crippen LogP) is 1.60. The molecule has 0 fully saturated rings. The smallest absolute Gasteiger partial charge is 0.225 e. The lowest BCUT2D eigenvalue weighted by Crippen LogP contribution is -1.99. The molecule has 0 saturated heterocycles. The lowest BCUT2D eigenvalue weighted by molar-refractivity contribution is 0.624. The Balaban J connectivity index is 2.34. The average molecular weight is 244 g/mol. The maximum Gasteiger partial charge on any atom is 0.225 e. The molecule has 0 amide bonds. The molecule has 0 aromatic carbocycles. The number of hydrogen-bond donors (Lipinski definition) is 2. The Bertz CT molecular complexity index is 708. The second-order valence-corrected chi connectivity index (χ2v) is 3.63. The summed E-state index contributed by atoms with van der Waals surface area (Å²) in [5, 5.41) is 10.1. The van der Waals surface area contributed by atoms with Crippen LogP contribution in [0.2, 0.25) is 0 Å². The molecule has 0 radical (unpaired) electrons. The minimum absolute atomic E-state index is 0.371. The highest BCUT2D eigenvalue weighted by Crippen LogP contribution is 2.27. The molecule has 0 unspecified atom stereocenters. The number of fused-ring (bicyclic) bond motifs is 1. The molecule has 3 aromatic heterocycles. The van der Waals surface area contributed by atoms with Gasteiger partial charge >= 0.3 is 0 Å². The van der Waals surface area contributed by atoms with Gasteiger partial charge < -0.3 is 5.32 Å². The summed E-state index contributed by atoms with van der Waals surface area (Å²) in [6.45, 7) is 0. The minimum atomic E-state index is -0.430. The van der Waals surface area contributed by atoms with Crippen LogP contribution >= 0.6 is 0 Å². The van der Waals surface area contributed by atoms with Gasteiger partial charge in [0.25, 0.3) is 0 Å². The Kier molecular flexibility index (Phi) is 2.36. The first-order valence-electron chi connectivity index (χ1n) is 5.28. The third kappa shape index (κ3) is 1.56. The van der Waals surface area contributed by atoms with Crippen molar-refractivity contribution in [1.82, 2.24) is 25.1 Å². The average Bonchev–Trinajstić information content (AvgIpc) is 2.86. The summed E-state index contributed by atoms with van der Waals surface area (Å²) >= 11 is 0. The number of hydrogen-bond acceptors (Lipinski definition) is 5. The number of aromatic amines is 1. The maximum atomic E-state index is 13.8. The normalized spacial score (nSPS) is 10.8. The fourth-order valence-electron chi connectivity index (χ4n) is 1.72. The van der Waals surface area contributed by atoms with Crippen molar-refractivity contribution >= 4 is 17.0 Å². The van der Waals surface area contributed by atoms with Gasteiger partial charge in [0.2, 0.25) is 5.95 Å². The molecule has 6 nitrogen and oxygen atoms in total. The van der Waals surface area contributed by atoms with E-state index in [1.165, 1.54) is 6.20 Å². The van der Waals surface area contributed by atoms with Gasteiger partial charge in [0.05, 0.1) is 23.5 Å². The monoisotopic (exact) mass is 244 g/mol. The third-order valence-electron chi connectivity index (χ3n) is 2.56. The summed E-state index contributed by atoms with van der Waals surface area (Å²) in [5.74, 6) is -0.0290. The van der Waals surface area contributed by atoms with E-state index in [-0.39, 0.29) is 0 Å². The van der Waals surface area contributed by atoms with Crippen LogP contribution in [0.3, 0.4) is 0 Å². The van der Waals surface area contributed by atoms with Crippen molar-refractivity contribution in [3.63, 3.8) is 0 Å². The van der Waals surface area contributed by atoms with E-state index >= 15 is 0 Å². The maximum absolute atomic E-state index is 13.8. The molecule has 90 valence electrons. The summed E-state index contributed by atoms with van der Waals surface area (Å²) in [4.78, 5) is 12.2. The van der Waals surface area contributed by atoms with Crippen molar-refractivity contribution in [3.8, 4) is 11.3 Å².